The van der Waals surface area contributed by atoms with Crippen LogP contribution in [0.5, 0.6) is 0 Å². The van der Waals surface area contributed by atoms with Crippen molar-refractivity contribution in [3.05, 3.63) is 34.6 Å². The van der Waals surface area contributed by atoms with Crippen LogP contribution < -0.4 is 0 Å². The smallest absolute Gasteiger partial charge is 0.307 e. The Morgan fingerprint density at radius 3 is 2.79 bits per heavy atom. The number of carboxylic acid groups (broad SMARTS) is 1. The lowest BCUT2D eigenvalue weighted by atomic mass is 10.1. The van der Waals surface area contributed by atoms with Crippen molar-refractivity contribution < 1.29 is 14.3 Å². The van der Waals surface area contributed by atoms with Gasteiger partial charge in [0.25, 0.3) is 0 Å². The van der Waals surface area contributed by atoms with E-state index in [-0.39, 0.29) is 5.92 Å². The van der Waals surface area contributed by atoms with Gasteiger partial charge in [-0.1, -0.05) is 17.7 Å². The topological polar surface area (TPSA) is 37.3 Å². The lowest BCUT2D eigenvalue weighted by Crippen LogP contribution is -2.00. The molecular weight excluding hydrogens is 207 g/mol. The van der Waals surface area contributed by atoms with Crippen LogP contribution in [-0.4, -0.2) is 11.1 Å². The molecule has 74 valence electrons. The molecule has 0 saturated heterocycles. The van der Waals surface area contributed by atoms with E-state index in [9.17, 15) is 9.18 Å². The van der Waals surface area contributed by atoms with Crippen LogP contribution in [0.3, 0.4) is 0 Å². The summed E-state index contributed by atoms with van der Waals surface area (Å²) < 4.78 is 13.3. The summed E-state index contributed by atoms with van der Waals surface area (Å²) in [6, 6.07) is 4.40. The van der Waals surface area contributed by atoms with Crippen molar-refractivity contribution in [2.24, 2.45) is 5.92 Å². The number of hydrogen-bond donors (Lipinski definition) is 1. The zero-order valence-corrected chi connectivity index (χ0v) is 7.96. The van der Waals surface area contributed by atoms with Crippen molar-refractivity contribution in [3.63, 3.8) is 0 Å². The van der Waals surface area contributed by atoms with Crippen molar-refractivity contribution in [1.82, 2.24) is 0 Å². The number of carboxylic acids is 1. The van der Waals surface area contributed by atoms with Gasteiger partial charge in [0.1, 0.15) is 5.82 Å². The average Bonchev–Trinajstić information content (AvgIpc) is 2.83. The summed E-state index contributed by atoms with van der Waals surface area (Å²) in [4.78, 5) is 10.6. The van der Waals surface area contributed by atoms with Gasteiger partial charge in [-0.3, -0.25) is 4.79 Å². The van der Waals surface area contributed by atoms with Crippen molar-refractivity contribution >= 4 is 17.6 Å². The molecule has 1 fully saturated rings. The molecule has 2 atom stereocenters. The summed E-state index contributed by atoms with van der Waals surface area (Å²) in [5, 5.41) is 9.02. The quantitative estimate of drug-likeness (QED) is 0.822. The third-order valence-corrected chi connectivity index (χ3v) is 2.81. The summed E-state index contributed by atoms with van der Waals surface area (Å²) in [7, 11) is 0. The molecule has 0 aromatic heterocycles. The van der Waals surface area contributed by atoms with Crippen LogP contribution in [0, 0.1) is 11.7 Å². The van der Waals surface area contributed by atoms with Gasteiger partial charge >= 0.3 is 5.97 Å². The SMILES string of the molecule is O=C(O)[C@@H]1C[C@@H]1c1c(F)cccc1Cl. The molecule has 1 aliphatic rings. The molecule has 14 heavy (non-hydrogen) atoms. The highest BCUT2D eigenvalue weighted by Crippen LogP contribution is 2.50. The molecule has 2 rings (SSSR count). The number of rotatable bonds is 2. The molecule has 1 saturated carbocycles. The molecular formula is C10H8ClFO2. The van der Waals surface area contributed by atoms with Gasteiger partial charge in [0.15, 0.2) is 0 Å². The molecule has 1 N–H and O–H groups in total. The van der Waals surface area contributed by atoms with Gasteiger partial charge in [0.05, 0.1) is 5.92 Å². The summed E-state index contributed by atoms with van der Waals surface area (Å²) >= 11 is 5.80. The Kier molecular flexibility index (Phi) is 2.19. The summed E-state index contributed by atoms with van der Waals surface area (Å²) in [5.41, 5.74) is 0.349. The first kappa shape index (κ1) is 9.46. The Morgan fingerprint density at radius 1 is 1.57 bits per heavy atom. The lowest BCUT2D eigenvalue weighted by Gasteiger charge is -2.03. The van der Waals surface area contributed by atoms with E-state index in [2.05, 4.69) is 0 Å². The second-order valence-electron chi connectivity index (χ2n) is 3.42. The van der Waals surface area contributed by atoms with Gasteiger partial charge < -0.3 is 5.11 Å². The highest BCUT2D eigenvalue weighted by molar-refractivity contribution is 6.31. The molecule has 0 aliphatic heterocycles. The fourth-order valence-corrected chi connectivity index (χ4v) is 1.96. The normalized spacial score (nSPS) is 24.7. The predicted octanol–water partition coefficient (Wildman–Crippen LogP) is 2.67. The Balaban J connectivity index is 2.31. The van der Waals surface area contributed by atoms with Crippen LogP contribution in [0.4, 0.5) is 4.39 Å². The maximum Gasteiger partial charge on any atom is 0.307 e. The highest BCUT2D eigenvalue weighted by Gasteiger charge is 2.46. The standard InChI is InChI=1S/C10H8ClFO2/c11-7-2-1-3-8(12)9(7)5-4-6(5)10(13)14/h1-3,5-6H,4H2,(H,13,14)/t5-,6+/m0/s1. The molecule has 0 radical (unpaired) electrons. The summed E-state index contributed by atoms with van der Waals surface area (Å²) in [5.74, 6) is -2.01. The van der Waals surface area contributed by atoms with Crippen molar-refractivity contribution in [2.75, 3.05) is 0 Å². The van der Waals surface area contributed by atoms with Gasteiger partial charge in [-0.2, -0.15) is 0 Å². The minimum Gasteiger partial charge on any atom is -0.481 e. The van der Waals surface area contributed by atoms with E-state index in [1.807, 2.05) is 0 Å². The fraction of sp³-hybridized carbons (Fsp3) is 0.300. The van der Waals surface area contributed by atoms with Crippen LogP contribution in [0.25, 0.3) is 0 Å². The number of halogens is 2. The molecule has 0 heterocycles. The van der Waals surface area contributed by atoms with Gasteiger partial charge in [0, 0.05) is 16.5 Å². The average molecular weight is 215 g/mol. The van der Waals surface area contributed by atoms with E-state index in [0.29, 0.717) is 17.0 Å². The van der Waals surface area contributed by atoms with Gasteiger partial charge in [-0.25, -0.2) is 4.39 Å². The van der Waals surface area contributed by atoms with Crippen molar-refractivity contribution in [3.8, 4) is 0 Å². The van der Waals surface area contributed by atoms with Crippen molar-refractivity contribution in [2.45, 2.75) is 12.3 Å². The minimum absolute atomic E-state index is 0.249. The van der Waals surface area contributed by atoms with E-state index in [1.165, 1.54) is 12.1 Å². The van der Waals surface area contributed by atoms with Crippen LogP contribution in [0.2, 0.25) is 5.02 Å². The molecule has 1 aromatic carbocycles. The van der Waals surface area contributed by atoms with Gasteiger partial charge in [-0.15, -0.1) is 0 Å². The molecule has 0 unspecified atom stereocenters. The Bertz CT molecular complexity index is 371. The van der Waals surface area contributed by atoms with E-state index in [0.717, 1.165) is 0 Å². The van der Waals surface area contributed by atoms with E-state index in [1.54, 1.807) is 6.07 Å². The fourth-order valence-electron chi connectivity index (χ4n) is 1.65. The maximum absolute atomic E-state index is 13.3. The third kappa shape index (κ3) is 1.48. The molecule has 0 bridgehead atoms. The van der Waals surface area contributed by atoms with Crippen LogP contribution >= 0.6 is 11.6 Å². The van der Waals surface area contributed by atoms with Crippen LogP contribution in [0.1, 0.15) is 17.9 Å². The molecule has 1 aliphatic carbocycles. The minimum atomic E-state index is -0.880. The Hall–Kier alpha value is -1.09. The zero-order valence-electron chi connectivity index (χ0n) is 7.21. The number of hydrogen-bond acceptors (Lipinski definition) is 1. The predicted molar refractivity (Wildman–Crippen MR) is 49.9 cm³/mol. The first-order valence-corrected chi connectivity index (χ1v) is 4.65. The first-order chi connectivity index (χ1) is 6.61. The molecule has 0 amide bonds. The van der Waals surface area contributed by atoms with E-state index < -0.39 is 17.7 Å². The molecule has 2 nitrogen and oxygen atoms in total. The Labute approximate surface area is 85.3 Å². The largest absolute Gasteiger partial charge is 0.481 e. The second kappa shape index (κ2) is 3.24. The molecule has 1 aromatic rings. The third-order valence-electron chi connectivity index (χ3n) is 2.48. The molecule has 0 spiro atoms. The second-order valence-corrected chi connectivity index (χ2v) is 3.83. The maximum atomic E-state index is 13.3. The van der Waals surface area contributed by atoms with Crippen molar-refractivity contribution in [1.29, 1.82) is 0 Å². The van der Waals surface area contributed by atoms with E-state index >= 15 is 0 Å². The lowest BCUT2D eigenvalue weighted by molar-refractivity contribution is -0.138. The zero-order chi connectivity index (χ0) is 10.3. The monoisotopic (exact) mass is 214 g/mol. The van der Waals surface area contributed by atoms with Crippen LogP contribution in [-0.2, 0) is 4.79 Å². The van der Waals surface area contributed by atoms with E-state index in [4.69, 9.17) is 16.7 Å². The van der Waals surface area contributed by atoms with Gasteiger partial charge in [-0.05, 0) is 18.6 Å². The summed E-state index contributed by atoms with van der Waals surface area (Å²) in [6.07, 6.45) is 0.482. The number of benzene rings is 1. The number of aliphatic carboxylic acids is 1. The van der Waals surface area contributed by atoms with Crippen LogP contribution in [0.15, 0.2) is 18.2 Å². The molecule has 4 heteroatoms. The Morgan fingerprint density at radius 2 is 2.29 bits per heavy atom. The summed E-state index contributed by atoms with van der Waals surface area (Å²) in [6.45, 7) is 0. The first-order valence-electron chi connectivity index (χ1n) is 4.28. The van der Waals surface area contributed by atoms with Gasteiger partial charge in [0.2, 0.25) is 0 Å². The highest BCUT2D eigenvalue weighted by atomic mass is 35.5. The number of carbonyl (C=O) groups is 1.